The van der Waals surface area contributed by atoms with E-state index in [9.17, 15) is 9.90 Å². The van der Waals surface area contributed by atoms with Crippen molar-refractivity contribution in [2.75, 3.05) is 25.6 Å². The molecule has 0 spiro atoms. The van der Waals surface area contributed by atoms with Gasteiger partial charge in [0, 0.05) is 30.5 Å². The van der Waals surface area contributed by atoms with Crippen molar-refractivity contribution in [3.05, 3.63) is 72.3 Å². The van der Waals surface area contributed by atoms with E-state index in [1.54, 1.807) is 13.3 Å². The number of ether oxygens (including phenoxy) is 1. The molecule has 0 saturated carbocycles. The van der Waals surface area contributed by atoms with Crippen molar-refractivity contribution >= 4 is 11.6 Å². The van der Waals surface area contributed by atoms with Crippen molar-refractivity contribution in [3.63, 3.8) is 0 Å². The predicted octanol–water partition coefficient (Wildman–Crippen LogP) is 3.14. The number of hydrogen-bond acceptors (Lipinski definition) is 6. The lowest BCUT2D eigenvalue weighted by molar-refractivity contribution is 0.0694. The Hall–Kier alpha value is -3.45. The molecule has 3 atom stereocenters. The van der Waals surface area contributed by atoms with Crippen LogP contribution in [0.15, 0.2) is 61.1 Å². The first kappa shape index (κ1) is 19.5. The van der Waals surface area contributed by atoms with E-state index in [2.05, 4.69) is 27.4 Å². The second-order valence-electron chi connectivity index (χ2n) is 7.95. The Morgan fingerprint density at radius 3 is 2.71 bits per heavy atom. The maximum absolute atomic E-state index is 13.3. The van der Waals surface area contributed by atoms with Crippen LogP contribution in [0.3, 0.4) is 0 Å². The summed E-state index contributed by atoms with van der Waals surface area (Å²) in [4.78, 5) is 23.4. The average Bonchev–Trinajstić information content (AvgIpc) is 3.29. The lowest BCUT2D eigenvalue weighted by Gasteiger charge is -2.39. The fourth-order valence-corrected chi connectivity index (χ4v) is 4.81. The van der Waals surface area contributed by atoms with Gasteiger partial charge < -0.3 is 20.1 Å². The second-order valence-corrected chi connectivity index (χ2v) is 7.95. The molecule has 0 aliphatic carbocycles. The Morgan fingerprint density at radius 1 is 1.19 bits per heavy atom. The molecule has 158 valence electrons. The maximum Gasteiger partial charge on any atom is 0.274 e. The molecule has 5 rings (SSSR count). The number of methoxy groups -OCH3 is 1. The molecule has 2 aliphatic heterocycles. The smallest absolute Gasteiger partial charge is 0.274 e. The maximum atomic E-state index is 13.3. The van der Waals surface area contributed by atoms with Gasteiger partial charge >= 0.3 is 0 Å². The highest BCUT2D eigenvalue weighted by Crippen LogP contribution is 2.47. The summed E-state index contributed by atoms with van der Waals surface area (Å²) in [7, 11) is 1.65. The molecule has 1 saturated heterocycles. The van der Waals surface area contributed by atoms with Crippen LogP contribution >= 0.6 is 0 Å². The van der Waals surface area contributed by atoms with Crippen LogP contribution in [0.4, 0.5) is 5.69 Å². The minimum Gasteiger partial charge on any atom is -0.497 e. The Kier molecular flexibility index (Phi) is 5.03. The van der Waals surface area contributed by atoms with Gasteiger partial charge in [-0.3, -0.25) is 9.78 Å². The van der Waals surface area contributed by atoms with E-state index < -0.39 is 0 Å². The number of aliphatic hydroxyl groups excluding tert-OH is 1. The number of fused-ring (bicyclic) bond motifs is 3. The van der Waals surface area contributed by atoms with Crippen LogP contribution in [0.1, 0.15) is 28.5 Å². The van der Waals surface area contributed by atoms with E-state index in [4.69, 9.17) is 4.74 Å². The normalized spacial score (nSPS) is 21.7. The van der Waals surface area contributed by atoms with Crippen molar-refractivity contribution in [2.45, 2.75) is 18.5 Å². The number of amides is 1. The fourth-order valence-electron chi connectivity index (χ4n) is 4.81. The van der Waals surface area contributed by atoms with Gasteiger partial charge in [0.2, 0.25) is 0 Å². The number of hydrogen-bond donors (Lipinski definition) is 2. The summed E-state index contributed by atoms with van der Waals surface area (Å²) < 4.78 is 5.27. The number of nitrogens with one attached hydrogen (secondary N) is 1. The van der Waals surface area contributed by atoms with Gasteiger partial charge in [0.05, 0.1) is 32.0 Å². The predicted molar refractivity (Wildman–Crippen MR) is 117 cm³/mol. The first-order valence-electron chi connectivity index (χ1n) is 10.4. The molecular weight excluding hydrogens is 392 g/mol. The Bertz CT molecular complexity index is 1090. The monoisotopic (exact) mass is 416 g/mol. The summed E-state index contributed by atoms with van der Waals surface area (Å²) in [5.74, 6) is 0.815. The van der Waals surface area contributed by atoms with Gasteiger partial charge in [-0.25, -0.2) is 4.98 Å². The fraction of sp³-hybridized carbons (Fsp3) is 0.292. The summed E-state index contributed by atoms with van der Waals surface area (Å²) >= 11 is 0. The lowest BCUT2D eigenvalue weighted by Crippen LogP contribution is -2.43. The summed E-state index contributed by atoms with van der Waals surface area (Å²) in [6.45, 7) is 0.642. The van der Waals surface area contributed by atoms with Crippen LogP contribution < -0.4 is 10.1 Å². The number of nitrogens with zero attached hydrogens (tertiary/aromatic N) is 3. The van der Waals surface area contributed by atoms with E-state index in [0.717, 1.165) is 34.5 Å². The van der Waals surface area contributed by atoms with E-state index >= 15 is 0 Å². The molecule has 0 unspecified atom stereocenters. The number of rotatable bonds is 4. The van der Waals surface area contributed by atoms with Crippen molar-refractivity contribution < 1.29 is 14.6 Å². The van der Waals surface area contributed by atoms with Gasteiger partial charge in [0.15, 0.2) is 0 Å². The standard InChI is InChI=1S/C24H24N4O3/c1-31-17-5-2-15(3-6-17)16-4-7-20-19(12-16)23-18(22(14-29)27-20)8-11-28(23)24(30)21-13-25-9-10-26-21/h2-7,9-10,12-13,18,22-23,27,29H,8,11,14H2,1H3/t18-,22-,23-/m0/s1. The summed E-state index contributed by atoms with van der Waals surface area (Å²) in [6.07, 6.45) is 5.43. The molecule has 2 N–H and O–H groups in total. The van der Waals surface area contributed by atoms with Crippen molar-refractivity contribution in [2.24, 2.45) is 5.92 Å². The third-order valence-corrected chi connectivity index (χ3v) is 6.34. The number of anilines is 1. The minimum atomic E-state index is -0.125. The number of carbonyl (C=O) groups excluding carboxylic acids is 1. The molecule has 0 radical (unpaired) electrons. The van der Waals surface area contributed by atoms with E-state index in [0.29, 0.717) is 12.2 Å². The van der Waals surface area contributed by atoms with Crippen LogP contribution in [-0.4, -0.2) is 52.2 Å². The molecule has 2 aromatic carbocycles. The zero-order valence-electron chi connectivity index (χ0n) is 17.2. The highest BCUT2D eigenvalue weighted by Gasteiger charge is 2.46. The average molecular weight is 416 g/mol. The summed E-state index contributed by atoms with van der Waals surface area (Å²) in [5.41, 5.74) is 4.52. The SMILES string of the molecule is COc1ccc(-c2ccc3c(c2)[C@@H]2[C@@H](CCN2C(=O)c2cnccn2)[C@H](CO)N3)cc1. The third kappa shape index (κ3) is 3.41. The molecule has 7 nitrogen and oxygen atoms in total. The van der Waals surface area contributed by atoms with Gasteiger partial charge in [0.1, 0.15) is 11.4 Å². The lowest BCUT2D eigenvalue weighted by atomic mass is 9.82. The third-order valence-electron chi connectivity index (χ3n) is 6.34. The Balaban J connectivity index is 1.55. The number of carbonyl (C=O) groups is 1. The van der Waals surface area contributed by atoms with Crippen LogP contribution in [0, 0.1) is 5.92 Å². The molecule has 7 heteroatoms. The molecule has 31 heavy (non-hydrogen) atoms. The first-order chi connectivity index (χ1) is 15.2. The van der Waals surface area contributed by atoms with Crippen LogP contribution in [-0.2, 0) is 0 Å². The number of aliphatic hydroxyl groups is 1. The van der Waals surface area contributed by atoms with Gasteiger partial charge in [-0.1, -0.05) is 18.2 Å². The molecule has 1 amide bonds. The highest BCUT2D eigenvalue weighted by atomic mass is 16.5. The largest absolute Gasteiger partial charge is 0.497 e. The Morgan fingerprint density at radius 2 is 2.00 bits per heavy atom. The van der Waals surface area contributed by atoms with Crippen molar-refractivity contribution in [1.29, 1.82) is 0 Å². The highest BCUT2D eigenvalue weighted by molar-refractivity contribution is 5.93. The van der Waals surface area contributed by atoms with Crippen LogP contribution in [0.2, 0.25) is 0 Å². The zero-order valence-corrected chi connectivity index (χ0v) is 17.2. The van der Waals surface area contributed by atoms with Crippen molar-refractivity contribution in [3.8, 4) is 16.9 Å². The molecular formula is C24H24N4O3. The summed E-state index contributed by atoms with van der Waals surface area (Å²) in [6, 6.07) is 14.0. The second kappa shape index (κ2) is 8.00. The van der Waals surface area contributed by atoms with E-state index in [1.807, 2.05) is 35.2 Å². The quantitative estimate of drug-likeness (QED) is 0.679. The molecule has 1 fully saturated rings. The molecule has 3 aromatic rings. The molecule has 2 aliphatic rings. The molecule has 3 heterocycles. The van der Waals surface area contributed by atoms with Crippen LogP contribution in [0.5, 0.6) is 5.75 Å². The number of benzene rings is 2. The zero-order chi connectivity index (χ0) is 21.4. The van der Waals surface area contributed by atoms with E-state index in [1.165, 1.54) is 12.4 Å². The molecule has 1 aromatic heterocycles. The van der Waals surface area contributed by atoms with Gasteiger partial charge in [-0.15, -0.1) is 0 Å². The minimum absolute atomic E-state index is 0.0218. The van der Waals surface area contributed by atoms with Gasteiger partial charge in [0.25, 0.3) is 5.91 Å². The topological polar surface area (TPSA) is 87.6 Å². The number of aromatic nitrogens is 2. The van der Waals surface area contributed by atoms with Gasteiger partial charge in [-0.2, -0.15) is 0 Å². The summed E-state index contributed by atoms with van der Waals surface area (Å²) in [5, 5.41) is 13.5. The Labute approximate surface area is 180 Å². The molecule has 0 bridgehead atoms. The van der Waals surface area contributed by atoms with Gasteiger partial charge in [-0.05, 0) is 47.4 Å². The van der Waals surface area contributed by atoms with Crippen molar-refractivity contribution in [1.82, 2.24) is 14.9 Å². The first-order valence-corrected chi connectivity index (χ1v) is 10.4. The van der Waals surface area contributed by atoms with E-state index in [-0.39, 0.29) is 30.5 Å². The number of likely N-dealkylation sites (tertiary alicyclic amines) is 1. The van der Waals surface area contributed by atoms with Crippen LogP contribution in [0.25, 0.3) is 11.1 Å².